The quantitative estimate of drug-likeness (QED) is 0.807. The Morgan fingerprint density at radius 3 is 2.68 bits per heavy atom. The fraction of sp³-hybridized carbons (Fsp3) is 0.929. The predicted molar refractivity (Wildman–Crippen MR) is 83.1 cm³/mol. The van der Waals surface area contributed by atoms with Gasteiger partial charge in [0.2, 0.25) is 5.91 Å². The van der Waals surface area contributed by atoms with Crippen LogP contribution in [0.1, 0.15) is 44.9 Å². The lowest BCUT2D eigenvalue weighted by molar-refractivity contribution is -0.133. The maximum Gasteiger partial charge on any atom is 0.239 e. The summed E-state index contributed by atoms with van der Waals surface area (Å²) in [7, 11) is 0. The van der Waals surface area contributed by atoms with E-state index in [9.17, 15) is 4.79 Å². The summed E-state index contributed by atoms with van der Waals surface area (Å²) < 4.78 is 0.408. The third-order valence-corrected chi connectivity index (χ3v) is 6.22. The average molecular weight is 305 g/mol. The summed E-state index contributed by atoms with van der Waals surface area (Å²) in [6.07, 6.45) is 8.94. The van der Waals surface area contributed by atoms with E-state index in [0.29, 0.717) is 10.7 Å². The molecular formula is C14H25ClN2OS. The molecule has 2 aliphatic heterocycles. The maximum atomic E-state index is 12.5. The van der Waals surface area contributed by atoms with Crippen LogP contribution in [0.4, 0.5) is 0 Å². The van der Waals surface area contributed by atoms with Crippen LogP contribution < -0.4 is 5.32 Å². The molecule has 1 unspecified atom stereocenters. The number of carbonyl (C=O) groups excluding carboxylic acids is 1. The van der Waals surface area contributed by atoms with Crippen LogP contribution in [-0.2, 0) is 4.79 Å². The molecule has 0 bridgehead atoms. The molecule has 2 saturated heterocycles. The third-order valence-electron chi connectivity index (χ3n) is 4.68. The van der Waals surface area contributed by atoms with E-state index in [0.717, 1.165) is 38.2 Å². The molecule has 2 heterocycles. The van der Waals surface area contributed by atoms with E-state index >= 15 is 0 Å². The van der Waals surface area contributed by atoms with Gasteiger partial charge in [-0.25, -0.2) is 0 Å². The largest absolute Gasteiger partial charge is 0.339 e. The van der Waals surface area contributed by atoms with Crippen LogP contribution in [0.3, 0.4) is 0 Å². The summed E-state index contributed by atoms with van der Waals surface area (Å²) in [5.74, 6) is 1.51. The number of amides is 1. The molecule has 1 atom stereocenters. The van der Waals surface area contributed by atoms with Crippen molar-refractivity contribution in [3.63, 3.8) is 0 Å². The van der Waals surface area contributed by atoms with Gasteiger partial charge in [0.1, 0.15) is 0 Å². The van der Waals surface area contributed by atoms with E-state index in [-0.39, 0.29) is 18.4 Å². The molecule has 5 heteroatoms. The first-order valence-corrected chi connectivity index (χ1v) is 8.44. The first kappa shape index (κ1) is 15.5. The summed E-state index contributed by atoms with van der Waals surface area (Å²) in [5.41, 5.74) is 0. The zero-order valence-corrected chi connectivity index (χ0v) is 13.2. The van der Waals surface area contributed by atoms with Gasteiger partial charge in [-0.05, 0) is 32.2 Å². The van der Waals surface area contributed by atoms with E-state index in [2.05, 4.69) is 22.0 Å². The molecule has 1 aliphatic carbocycles. The molecule has 0 radical (unpaired) electrons. The Labute approximate surface area is 126 Å². The summed E-state index contributed by atoms with van der Waals surface area (Å²) in [6.45, 7) is 2.99. The van der Waals surface area contributed by atoms with Gasteiger partial charge in [-0.2, -0.15) is 11.8 Å². The minimum absolute atomic E-state index is 0. The highest BCUT2D eigenvalue weighted by Crippen LogP contribution is 2.42. The van der Waals surface area contributed by atoms with Gasteiger partial charge in [0.25, 0.3) is 0 Å². The van der Waals surface area contributed by atoms with Gasteiger partial charge in [-0.15, -0.1) is 12.4 Å². The number of nitrogens with one attached hydrogen (secondary N) is 1. The minimum atomic E-state index is 0. The van der Waals surface area contributed by atoms with Crippen molar-refractivity contribution in [2.75, 3.05) is 25.4 Å². The number of rotatable bonds is 1. The number of hydrogen-bond donors (Lipinski definition) is 1. The highest BCUT2D eigenvalue weighted by Gasteiger charge is 2.40. The molecule has 0 aromatic carbocycles. The first-order chi connectivity index (χ1) is 8.79. The summed E-state index contributed by atoms with van der Waals surface area (Å²) in [6, 6.07) is 0.119. The Balaban J connectivity index is 0.00000133. The first-order valence-electron chi connectivity index (χ1n) is 7.45. The number of carbonyl (C=O) groups is 1. The maximum absolute atomic E-state index is 12.5. The highest BCUT2D eigenvalue weighted by atomic mass is 35.5. The van der Waals surface area contributed by atoms with Crippen LogP contribution in [0.5, 0.6) is 0 Å². The standard InChI is InChI=1S/C14H24N2OS.ClH/c17-13(12-5-4-8-15-12)16-9-10-18-14(11-16)6-2-1-3-7-14;/h12,15H,1-11H2;1H. The van der Waals surface area contributed by atoms with Crippen molar-refractivity contribution in [3.8, 4) is 0 Å². The molecule has 0 aromatic heterocycles. The van der Waals surface area contributed by atoms with Crippen molar-refractivity contribution in [2.45, 2.75) is 55.7 Å². The highest BCUT2D eigenvalue weighted by molar-refractivity contribution is 8.00. The SMILES string of the molecule is Cl.O=C(C1CCCN1)N1CCSC2(CCCCC2)C1. The Morgan fingerprint density at radius 2 is 2.00 bits per heavy atom. The fourth-order valence-electron chi connectivity index (χ4n) is 3.65. The van der Waals surface area contributed by atoms with Crippen LogP contribution in [0.25, 0.3) is 0 Å². The zero-order chi connectivity index (χ0) is 12.4. The van der Waals surface area contributed by atoms with Crippen molar-refractivity contribution in [2.24, 2.45) is 0 Å². The van der Waals surface area contributed by atoms with Gasteiger partial charge in [-0.1, -0.05) is 19.3 Å². The Morgan fingerprint density at radius 1 is 1.21 bits per heavy atom. The molecule has 19 heavy (non-hydrogen) atoms. The van der Waals surface area contributed by atoms with Crippen molar-refractivity contribution < 1.29 is 4.79 Å². The van der Waals surface area contributed by atoms with Crippen LogP contribution in [0.15, 0.2) is 0 Å². The van der Waals surface area contributed by atoms with Crippen LogP contribution in [-0.4, -0.2) is 47.0 Å². The molecule has 3 fully saturated rings. The number of hydrogen-bond acceptors (Lipinski definition) is 3. The van der Waals surface area contributed by atoms with E-state index in [4.69, 9.17) is 0 Å². The van der Waals surface area contributed by atoms with Crippen LogP contribution in [0, 0.1) is 0 Å². The Kier molecular flexibility index (Phi) is 5.44. The molecule has 3 aliphatic rings. The zero-order valence-electron chi connectivity index (χ0n) is 11.5. The van der Waals surface area contributed by atoms with Gasteiger partial charge in [0.05, 0.1) is 6.04 Å². The van der Waals surface area contributed by atoms with Gasteiger partial charge in [0, 0.05) is 23.6 Å². The molecule has 0 aromatic rings. The van der Waals surface area contributed by atoms with Crippen molar-refractivity contribution in [1.29, 1.82) is 0 Å². The molecular weight excluding hydrogens is 280 g/mol. The molecule has 1 spiro atoms. The average Bonchev–Trinajstić information content (AvgIpc) is 2.93. The lowest BCUT2D eigenvalue weighted by Crippen LogP contribution is -2.53. The predicted octanol–water partition coefficient (Wildman–Crippen LogP) is 2.44. The van der Waals surface area contributed by atoms with Crippen LogP contribution in [0.2, 0.25) is 0 Å². The molecule has 1 N–H and O–H groups in total. The summed E-state index contributed by atoms with van der Waals surface area (Å²) in [5, 5.41) is 3.35. The third kappa shape index (κ3) is 3.40. The number of thioether (sulfide) groups is 1. The Hall–Kier alpha value is 0.0700. The smallest absolute Gasteiger partial charge is 0.239 e. The fourth-order valence-corrected chi connectivity index (χ4v) is 5.22. The van der Waals surface area contributed by atoms with Gasteiger partial charge < -0.3 is 10.2 Å². The van der Waals surface area contributed by atoms with Crippen molar-refractivity contribution in [3.05, 3.63) is 0 Å². The monoisotopic (exact) mass is 304 g/mol. The summed E-state index contributed by atoms with van der Waals surface area (Å²) in [4.78, 5) is 14.6. The van der Waals surface area contributed by atoms with E-state index in [1.54, 1.807) is 0 Å². The van der Waals surface area contributed by atoms with Gasteiger partial charge >= 0.3 is 0 Å². The normalized spacial score (nSPS) is 30.1. The Bertz CT molecular complexity index is 309. The second-order valence-electron chi connectivity index (χ2n) is 6.00. The number of nitrogens with zero attached hydrogens (tertiary/aromatic N) is 1. The van der Waals surface area contributed by atoms with E-state index < -0.39 is 0 Å². The van der Waals surface area contributed by atoms with Crippen molar-refractivity contribution >= 4 is 30.1 Å². The molecule has 1 amide bonds. The van der Waals surface area contributed by atoms with Gasteiger partial charge in [-0.3, -0.25) is 4.79 Å². The molecule has 110 valence electrons. The number of halogens is 1. The van der Waals surface area contributed by atoms with Crippen LogP contribution >= 0.6 is 24.2 Å². The second kappa shape index (κ2) is 6.68. The lowest BCUT2D eigenvalue weighted by Gasteiger charge is -2.45. The molecule has 3 rings (SSSR count). The summed E-state index contributed by atoms with van der Waals surface area (Å²) >= 11 is 2.14. The molecule has 3 nitrogen and oxygen atoms in total. The lowest BCUT2D eigenvalue weighted by atomic mass is 9.87. The van der Waals surface area contributed by atoms with E-state index in [1.165, 1.54) is 32.1 Å². The minimum Gasteiger partial charge on any atom is -0.339 e. The van der Waals surface area contributed by atoms with Gasteiger partial charge in [0.15, 0.2) is 0 Å². The van der Waals surface area contributed by atoms with E-state index in [1.807, 2.05) is 0 Å². The second-order valence-corrected chi connectivity index (χ2v) is 7.56. The molecule has 1 saturated carbocycles. The van der Waals surface area contributed by atoms with Crippen molar-refractivity contribution in [1.82, 2.24) is 10.2 Å². The topological polar surface area (TPSA) is 32.3 Å².